The lowest BCUT2D eigenvalue weighted by Crippen LogP contribution is -2.49. The molecule has 190 valence electrons. The standard InChI is InChI=1S/C27H28ClN7OS/c1-18-8-10-21(11-9-18)35-24(17-37-27-29-19(2)16-20(3)30-27)25(31-32-35)26(36)34-14-12-33(13-15-34)23-7-5-4-6-22(23)28/h4-11,16H,12-15,17H2,1-3H3. The molecule has 0 N–H and O–H groups in total. The van der Waals surface area contributed by atoms with Crippen molar-refractivity contribution < 1.29 is 4.79 Å². The van der Waals surface area contributed by atoms with Crippen LogP contribution in [0.15, 0.2) is 59.8 Å². The second kappa shape index (κ2) is 10.9. The van der Waals surface area contributed by atoms with E-state index in [1.807, 2.05) is 80.3 Å². The maximum atomic E-state index is 13.7. The van der Waals surface area contributed by atoms with Crippen LogP contribution in [0.4, 0.5) is 5.69 Å². The zero-order valence-electron chi connectivity index (χ0n) is 21.1. The van der Waals surface area contributed by atoms with Crippen molar-refractivity contribution in [3.8, 4) is 5.69 Å². The van der Waals surface area contributed by atoms with Gasteiger partial charge in [0.2, 0.25) is 0 Å². The summed E-state index contributed by atoms with van der Waals surface area (Å²) >= 11 is 7.87. The van der Waals surface area contributed by atoms with Gasteiger partial charge in [0.25, 0.3) is 5.91 Å². The van der Waals surface area contributed by atoms with Gasteiger partial charge in [-0.15, -0.1) is 5.10 Å². The summed E-state index contributed by atoms with van der Waals surface area (Å²) < 4.78 is 1.75. The van der Waals surface area contributed by atoms with Crippen molar-refractivity contribution in [2.45, 2.75) is 31.7 Å². The first-order chi connectivity index (χ1) is 17.9. The fourth-order valence-corrected chi connectivity index (χ4v) is 5.59. The van der Waals surface area contributed by atoms with E-state index in [0.29, 0.717) is 42.8 Å². The predicted octanol–water partition coefficient (Wildman–Crippen LogP) is 4.89. The second-order valence-electron chi connectivity index (χ2n) is 9.08. The SMILES string of the molecule is Cc1ccc(-n2nnc(C(=O)N3CCN(c4ccccc4Cl)CC3)c2CSc2nc(C)cc(C)n2)cc1. The number of aromatic nitrogens is 5. The number of thioether (sulfide) groups is 1. The molecule has 0 saturated carbocycles. The summed E-state index contributed by atoms with van der Waals surface area (Å²) in [4.78, 5) is 26.8. The van der Waals surface area contributed by atoms with Gasteiger partial charge in [-0.2, -0.15) is 0 Å². The van der Waals surface area contributed by atoms with Gasteiger partial charge in [0, 0.05) is 43.3 Å². The quantitative estimate of drug-likeness (QED) is 0.258. The number of rotatable bonds is 6. The Morgan fingerprint density at radius 1 is 0.946 bits per heavy atom. The van der Waals surface area contributed by atoms with E-state index in [4.69, 9.17) is 11.6 Å². The van der Waals surface area contributed by atoms with Crippen LogP contribution in [0.2, 0.25) is 5.02 Å². The van der Waals surface area contributed by atoms with E-state index in [0.717, 1.165) is 39.0 Å². The number of hydrogen-bond acceptors (Lipinski definition) is 7. The highest BCUT2D eigenvalue weighted by atomic mass is 35.5. The Bertz CT molecular complexity index is 1390. The van der Waals surface area contributed by atoms with Gasteiger partial charge in [-0.1, -0.05) is 58.4 Å². The Balaban J connectivity index is 1.39. The molecule has 1 saturated heterocycles. The van der Waals surface area contributed by atoms with Crippen LogP contribution < -0.4 is 4.90 Å². The van der Waals surface area contributed by atoms with Crippen molar-refractivity contribution in [1.82, 2.24) is 29.9 Å². The minimum Gasteiger partial charge on any atom is -0.367 e. The van der Waals surface area contributed by atoms with Crippen LogP contribution in [0.5, 0.6) is 0 Å². The minimum absolute atomic E-state index is 0.117. The fourth-order valence-electron chi connectivity index (χ4n) is 4.39. The Morgan fingerprint density at radius 2 is 1.62 bits per heavy atom. The van der Waals surface area contributed by atoms with E-state index >= 15 is 0 Å². The molecule has 0 spiro atoms. The fraction of sp³-hybridized carbons (Fsp3) is 0.296. The monoisotopic (exact) mass is 533 g/mol. The summed E-state index contributed by atoms with van der Waals surface area (Å²) in [7, 11) is 0. The van der Waals surface area contributed by atoms with E-state index in [1.165, 1.54) is 11.8 Å². The summed E-state index contributed by atoms with van der Waals surface area (Å²) in [5.41, 5.74) is 5.92. The molecule has 0 aliphatic carbocycles. The van der Waals surface area contributed by atoms with Gasteiger partial charge in [-0.05, 0) is 51.1 Å². The van der Waals surface area contributed by atoms with Crippen molar-refractivity contribution in [1.29, 1.82) is 0 Å². The predicted molar refractivity (Wildman–Crippen MR) is 147 cm³/mol. The van der Waals surface area contributed by atoms with E-state index in [9.17, 15) is 4.79 Å². The number of piperazine rings is 1. The molecule has 0 atom stereocenters. The first-order valence-corrected chi connectivity index (χ1v) is 13.5. The van der Waals surface area contributed by atoms with Gasteiger partial charge < -0.3 is 9.80 Å². The molecular formula is C27H28ClN7OS. The van der Waals surface area contributed by atoms with Crippen molar-refractivity contribution in [3.63, 3.8) is 0 Å². The third-order valence-corrected chi connectivity index (χ3v) is 7.48. The summed E-state index contributed by atoms with van der Waals surface area (Å²) in [6.07, 6.45) is 0. The average molecular weight is 534 g/mol. The highest BCUT2D eigenvalue weighted by molar-refractivity contribution is 7.98. The maximum Gasteiger partial charge on any atom is 0.276 e. The second-order valence-corrected chi connectivity index (χ2v) is 10.4. The molecule has 0 unspecified atom stereocenters. The van der Waals surface area contributed by atoms with Crippen molar-refractivity contribution in [2.24, 2.45) is 0 Å². The lowest BCUT2D eigenvalue weighted by molar-refractivity contribution is 0.0740. The van der Waals surface area contributed by atoms with Crippen LogP contribution in [0.3, 0.4) is 0 Å². The van der Waals surface area contributed by atoms with Gasteiger partial charge >= 0.3 is 0 Å². The molecule has 0 bridgehead atoms. The number of hydrogen-bond donors (Lipinski definition) is 0. The van der Waals surface area contributed by atoms with Crippen molar-refractivity contribution in [3.05, 3.63) is 88.0 Å². The molecule has 1 fully saturated rings. The smallest absolute Gasteiger partial charge is 0.276 e. The molecule has 1 aliphatic heterocycles. The van der Waals surface area contributed by atoms with E-state index in [1.54, 1.807) is 4.68 Å². The zero-order valence-corrected chi connectivity index (χ0v) is 22.6. The van der Waals surface area contributed by atoms with Crippen LogP contribution >= 0.6 is 23.4 Å². The Kier molecular flexibility index (Phi) is 7.43. The summed E-state index contributed by atoms with van der Waals surface area (Å²) in [6, 6.07) is 17.8. The Morgan fingerprint density at radius 3 is 2.30 bits per heavy atom. The molecule has 1 amide bonds. The van der Waals surface area contributed by atoms with E-state index < -0.39 is 0 Å². The van der Waals surface area contributed by atoms with E-state index in [-0.39, 0.29) is 5.91 Å². The van der Waals surface area contributed by atoms with E-state index in [2.05, 4.69) is 25.2 Å². The molecule has 1 aliphatic rings. The van der Waals surface area contributed by atoms with Crippen LogP contribution in [0, 0.1) is 20.8 Å². The number of carbonyl (C=O) groups excluding carboxylic acids is 1. The highest BCUT2D eigenvalue weighted by Gasteiger charge is 2.28. The lowest BCUT2D eigenvalue weighted by atomic mass is 10.2. The number of benzene rings is 2. The number of halogens is 1. The van der Waals surface area contributed by atoms with Gasteiger partial charge in [-0.3, -0.25) is 4.79 Å². The van der Waals surface area contributed by atoms with Crippen molar-refractivity contribution >= 4 is 35.0 Å². The number of carbonyl (C=O) groups is 1. The Hall–Kier alpha value is -3.43. The molecule has 3 heterocycles. The van der Waals surface area contributed by atoms with Crippen molar-refractivity contribution in [2.75, 3.05) is 31.1 Å². The molecule has 2 aromatic carbocycles. The molecule has 37 heavy (non-hydrogen) atoms. The summed E-state index contributed by atoms with van der Waals surface area (Å²) in [5, 5.41) is 10.1. The number of amides is 1. The van der Waals surface area contributed by atoms with Crippen LogP contribution in [-0.4, -0.2) is 61.9 Å². The summed E-state index contributed by atoms with van der Waals surface area (Å²) in [5.74, 6) is 0.346. The third kappa shape index (κ3) is 5.62. The number of anilines is 1. The highest BCUT2D eigenvalue weighted by Crippen LogP contribution is 2.28. The van der Waals surface area contributed by atoms with Gasteiger partial charge in [0.1, 0.15) is 0 Å². The lowest BCUT2D eigenvalue weighted by Gasteiger charge is -2.36. The molecule has 5 rings (SSSR count). The Labute approximate surface area is 225 Å². The maximum absolute atomic E-state index is 13.7. The topological polar surface area (TPSA) is 80.0 Å². The van der Waals surface area contributed by atoms with Gasteiger partial charge in [0.15, 0.2) is 10.9 Å². The van der Waals surface area contributed by atoms with Crippen LogP contribution in [0.25, 0.3) is 5.69 Å². The van der Waals surface area contributed by atoms with Gasteiger partial charge in [-0.25, -0.2) is 14.6 Å². The first-order valence-electron chi connectivity index (χ1n) is 12.1. The van der Waals surface area contributed by atoms with Crippen LogP contribution in [-0.2, 0) is 5.75 Å². The third-order valence-electron chi connectivity index (χ3n) is 6.30. The molecular weight excluding hydrogens is 506 g/mol. The largest absolute Gasteiger partial charge is 0.367 e. The van der Waals surface area contributed by atoms with Gasteiger partial charge in [0.05, 0.1) is 22.1 Å². The molecule has 0 radical (unpaired) electrons. The summed E-state index contributed by atoms with van der Waals surface area (Å²) in [6.45, 7) is 8.49. The normalized spacial score (nSPS) is 13.7. The molecule has 4 aromatic rings. The van der Waals surface area contributed by atoms with Crippen LogP contribution in [0.1, 0.15) is 33.1 Å². The first kappa shape index (κ1) is 25.2. The number of para-hydroxylation sites is 1. The minimum atomic E-state index is -0.117. The zero-order chi connectivity index (χ0) is 25.9. The number of nitrogens with zero attached hydrogens (tertiary/aromatic N) is 7. The molecule has 8 nitrogen and oxygen atoms in total. The molecule has 10 heteroatoms. The number of aryl methyl sites for hydroxylation is 3. The average Bonchev–Trinajstić information content (AvgIpc) is 3.31. The molecule has 2 aromatic heterocycles.